The Kier molecular flexibility index (Phi) is 2.00. The fraction of sp³-hybridized carbons (Fsp3) is 0.182. The summed E-state index contributed by atoms with van der Waals surface area (Å²) in [6.07, 6.45) is 0. The minimum Gasteiger partial charge on any atom is -0.477 e. The van der Waals surface area contributed by atoms with Gasteiger partial charge in [-0.3, -0.25) is 0 Å². The Morgan fingerprint density at radius 2 is 2.13 bits per heavy atom. The number of benzene rings is 1. The fourth-order valence-electron chi connectivity index (χ4n) is 1.90. The summed E-state index contributed by atoms with van der Waals surface area (Å²) in [4.78, 5) is 11.0. The van der Waals surface area contributed by atoms with Crippen LogP contribution in [0.2, 0.25) is 0 Å². The van der Waals surface area contributed by atoms with Crippen LogP contribution in [0.1, 0.15) is 16.1 Å². The lowest BCUT2D eigenvalue weighted by molar-refractivity contribution is 0.0686. The van der Waals surface area contributed by atoms with Gasteiger partial charge in [0.25, 0.3) is 0 Å². The summed E-state index contributed by atoms with van der Waals surface area (Å²) < 4.78 is 14.5. The molecule has 4 heteroatoms. The molecule has 2 aromatic rings. The summed E-state index contributed by atoms with van der Waals surface area (Å²) in [7, 11) is 1.62. The third-order valence-corrected chi connectivity index (χ3v) is 2.62. The van der Waals surface area contributed by atoms with Crippen molar-refractivity contribution in [1.82, 2.24) is 4.57 Å². The first kappa shape index (κ1) is 9.71. The van der Waals surface area contributed by atoms with Gasteiger partial charge >= 0.3 is 5.97 Å². The van der Waals surface area contributed by atoms with E-state index in [2.05, 4.69) is 0 Å². The number of hydrogen-bond acceptors (Lipinski definition) is 1. The molecule has 15 heavy (non-hydrogen) atoms. The van der Waals surface area contributed by atoms with Gasteiger partial charge in [-0.25, -0.2) is 9.18 Å². The zero-order valence-electron chi connectivity index (χ0n) is 8.41. The minimum absolute atomic E-state index is 0.204. The molecule has 0 amide bonds. The molecule has 1 heterocycles. The minimum atomic E-state index is -0.994. The SMILES string of the molecule is Cc1c(C(=O)O)n(C)c2cc(F)ccc12. The highest BCUT2D eigenvalue weighted by Crippen LogP contribution is 2.25. The number of rotatable bonds is 1. The molecule has 0 radical (unpaired) electrons. The molecule has 1 N–H and O–H groups in total. The standard InChI is InChI=1S/C11H10FNO2/c1-6-8-4-3-7(12)5-9(8)13(2)10(6)11(14)15/h3-5H,1-2H3,(H,14,15). The van der Waals surface area contributed by atoms with Gasteiger partial charge in [-0.15, -0.1) is 0 Å². The van der Waals surface area contributed by atoms with Gasteiger partial charge in [-0.1, -0.05) is 0 Å². The van der Waals surface area contributed by atoms with E-state index in [1.54, 1.807) is 20.0 Å². The van der Waals surface area contributed by atoms with E-state index < -0.39 is 5.97 Å². The molecule has 0 unspecified atom stereocenters. The molecule has 1 aromatic heterocycles. The number of carbonyl (C=O) groups is 1. The van der Waals surface area contributed by atoms with Crippen LogP contribution in [-0.4, -0.2) is 15.6 Å². The average Bonchev–Trinajstić information content (AvgIpc) is 2.39. The maximum Gasteiger partial charge on any atom is 0.352 e. The number of aromatic carboxylic acids is 1. The van der Waals surface area contributed by atoms with Gasteiger partial charge in [-0.2, -0.15) is 0 Å². The summed E-state index contributed by atoms with van der Waals surface area (Å²) in [5, 5.41) is 9.78. The van der Waals surface area contributed by atoms with E-state index in [1.807, 2.05) is 0 Å². The lowest BCUT2D eigenvalue weighted by Crippen LogP contribution is -2.05. The van der Waals surface area contributed by atoms with Gasteiger partial charge in [0.2, 0.25) is 0 Å². The number of aryl methyl sites for hydroxylation is 2. The number of carboxylic acid groups (broad SMARTS) is 1. The maximum absolute atomic E-state index is 13.0. The molecular formula is C11H10FNO2. The third kappa shape index (κ3) is 1.29. The van der Waals surface area contributed by atoms with Gasteiger partial charge < -0.3 is 9.67 Å². The quantitative estimate of drug-likeness (QED) is 0.779. The normalized spacial score (nSPS) is 10.9. The highest BCUT2D eigenvalue weighted by molar-refractivity contribution is 5.97. The summed E-state index contributed by atoms with van der Waals surface area (Å²) in [5.41, 5.74) is 1.47. The van der Waals surface area contributed by atoms with Crippen molar-refractivity contribution in [2.24, 2.45) is 7.05 Å². The van der Waals surface area contributed by atoms with Crippen molar-refractivity contribution >= 4 is 16.9 Å². The monoisotopic (exact) mass is 207 g/mol. The van der Waals surface area contributed by atoms with Crippen LogP contribution in [0.5, 0.6) is 0 Å². The van der Waals surface area contributed by atoms with Crippen LogP contribution >= 0.6 is 0 Å². The second-order valence-electron chi connectivity index (χ2n) is 3.50. The highest BCUT2D eigenvalue weighted by Gasteiger charge is 2.17. The zero-order chi connectivity index (χ0) is 11.2. The molecule has 0 saturated carbocycles. The van der Waals surface area contributed by atoms with Gasteiger partial charge in [0.05, 0.1) is 5.52 Å². The van der Waals surface area contributed by atoms with Crippen LogP contribution in [0.4, 0.5) is 4.39 Å². The molecule has 78 valence electrons. The van der Waals surface area contributed by atoms with Crippen LogP contribution < -0.4 is 0 Å². The fourth-order valence-corrected chi connectivity index (χ4v) is 1.90. The lowest BCUT2D eigenvalue weighted by Gasteiger charge is -1.99. The molecule has 0 aliphatic heterocycles. The van der Waals surface area contributed by atoms with Crippen molar-refractivity contribution in [3.8, 4) is 0 Å². The lowest BCUT2D eigenvalue weighted by atomic mass is 10.1. The molecule has 0 aliphatic carbocycles. The van der Waals surface area contributed by atoms with Crippen LogP contribution in [0.15, 0.2) is 18.2 Å². The van der Waals surface area contributed by atoms with Crippen molar-refractivity contribution in [3.05, 3.63) is 35.3 Å². The molecule has 1 aromatic carbocycles. The molecule has 0 saturated heterocycles. The Balaban J connectivity index is 2.91. The predicted molar refractivity (Wildman–Crippen MR) is 54.6 cm³/mol. The van der Waals surface area contributed by atoms with E-state index in [-0.39, 0.29) is 11.5 Å². The number of hydrogen-bond donors (Lipinski definition) is 1. The van der Waals surface area contributed by atoms with E-state index in [0.29, 0.717) is 11.1 Å². The Morgan fingerprint density at radius 3 is 2.73 bits per heavy atom. The smallest absolute Gasteiger partial charge is 0.352 e. The summed E-state index contributed by atoms with van der Waals surface area (Å²) in [5.74, 6) is -1.35. The van der Waals surface area contributed by atoms with Crippen LogP contribution in [0.3, 0.4) is 0 Å². The van der Waals surface area contributed by atoms with Gasteiger partial charge in [0, 0.05) is 12.4 Å². The van der Waals surface area contributed by atoms with Gasteiger partial charge in [-0.05, 0) is 30.7 Å². The van der Waals surface area contributed by atoms with Crippen LogP contribution in [-0.2, 0) is 7.05 Å². The van der Waals surface area contributed by atoms with Crippen molar-refractivity contribution in [1.29, 1.82) is 0 Å². The van der Waals surface area contributed by atoms with E-state index in [0.717, 1.165) is 5.39 Å². The number of aromatic nitrogens is 1. The number of halogens is 1. The van der Waals surface area contributed by atoms with E-state index in [4.69, 9.17) is 5.11 Å². The highest BCUT2D eigenvalue weighted by atomic mass is 19.1. The Labute approximate surface area is 85.7 Å². The first-order chi connectivity index (χ1) is 7.02. The third-order valence-electron chi connectivity index (χ3n) is 2.62. The second kappa shape index (κ2) is 3.08. The average molecular weight is 207 g/mol. The largest absolute Gasteiger partial charge is 0.477 e. The second-order valence-corrected chi connectivity index (χ2v) is 3.50. The molecule has 3 nitrogen and oxygen atoms in total. The molecule has 0 fully saturated rings. The van der Waals surface area contributed by atoms with Crippen molar-refractivity contribution in [2.75, 3.05) is 0 Å². The first-order valence-corrected chi connectivity index (χ1v) is 4.50. The van der Waals surface area contributed by atoms with Gasteiger partial charge in [0.1, 0.15) is 11.5 Å². The first-order valence-electron chi connectivity index (χ1n) is 4.50. The predicted octanol–water partition coefficient (Wildman–Crippen LogP) is 2.32. The molecular weight excluding hydrogens is 197 g/mol. The van der Waals surface area contributed by atoms with Crippen molar-refractivity contribution < 1.29 is 14.3 Å². The topological polar surface area (TPSA) is 42.2 Å². The van der Waals surface area contributed by atoms with Crippen LogP contribution in [0.25, 0.3) is 10.9 Å². The molecule has 0 spiro atoms. The molecule has 0 bridgehead atoms. The van der Waals surface area contributed by atoms with Crippen molar-refractivity contribution in [3.63, 3.8) is 0 Å². The Hall–Kier alpha value is -1.84. The Bertz CT molecular complexity index is 557. The number of nitrogens with zero attached hydrogens (tertiary/aromatic N) is 1. The van der Waals surface area contributed by atoms with E-state index in [9.17, 15) is 9.18 Å². The summed E-state index contributed by atoms with van der Waals surface area (Å²) in [6, 6.07) is 4.28. The Morgan fingerprint density at radius 1 is 1.47 bits per heavy atom. The number of carboxylic acids is 1. The number of fused-ring (bicyclic) bond motifs is 1. The molecule has 2 rings (SSSR count). The maximum atomic E-state index is 13.0. The van der Waals surface area contributed by atoms with E-state index >= 15 is 0 Å². The van der Waals surface area contributed by atoms with E-state index in [1.165, 1.54) is 16.7 Å². The van der Waals surface area contributed by atoms with Crippen molar-refractivity contribution in [2.45, 2.75) is 6.92 Å². The van der Waals surface area contributed by atoms with Crippen LogP contribution in [0, 0.1) is 12.7 Å². The molecule has 0 aliphatic rings. The summed E-state index contributed by atoms with van der Waals surface area (Å²) in [6.45, 7) is 1.73. The van der Waals surface area contributed by atoms with Gasteiger partial charge in [0.15, 0.2) is 0 Å². The molecule has 0 atom stereocenters. The summed E-state index contributed by atoms with van der Waals surface area (Å²) >= 11 is 0. The zero-order valence-corrected chi connectivity index (χ0v) is 8.41.